The van der Waals surface area contributed by atoms with Crippen LogP contribution in [0.15, 0.2) is 36.4 Å². The van der Waals surface area contributed by atoms with Gasteiger partial charge in [0.1, 0.15) is 17.8 Å². The molecular formula is C27H37F2N3O5Si. The molecule has 2 amide bonds. The van der Waals surface area contributed by atoms with E-state index < -0.39 is 31.9 Å². The van der Waals surface area contributed by atoms with E-state index in [1.807, 2.05) is 38.1 Å². The van der Waals surface area contributed by atoms with Crippen molar-refractivity contribution in [2.45, 2.75) is 63.9 Å². The molecule has 1 fully saturated rings. The fourth-order valence-electron chi connectivity index (χ4n) is 4.45. The molecule has 1 aromatic heterocycles. The molecule has 208 valence electrons. The van der Waals surface area contributed by atoms with Crippen LogP contribution < -0.4 is 14.8 Å². The van der Waals surface area contributed by atoms with Gasteiger partial charge in [0, 0.05) is 33.7 Å². The van der Waals surface area contributed by atoms with Crippen LogP contribution >= 0.6 is 0 Å². The van der Waals surface area contributed by atoms with E-state index in [9.17, 15) is 18.4 Å². The van der Waals surface area contributed by atoms with Gasteiger partial charge in [-0.2, -0.15) is 13.8 Å². The molecule has 1 saturated heterocycles. The molecular weight excluding hydrogens is 512 g/mol. The predicted octanol–water partition coefficient (Wildman–Crippen LogP) is 5.24. The van der Waals surface area contributed by atoms with Gasteiger partial charge in [-0.05, 0) is 29.2 Å². The van der Waals surface area contributed by atoms with Gasteiger partial charge < -0.3 is 24.4 Å². The third kappa shape index (κ3) is 7.07. The largest absolute Gasteiger partial charge is 0.481 e. The number of carbonyl (C=O) groups excluding carboxylic acids is 2. The van der Waals surface area contributed by atoms with Gasteiger partial charge in [0.15, 0.2) is 0 Å². The Morgan fingerprint density at radius 3 is 2.53 bits per heavy atom. The number of amides is 2. The molecule has 0 bridgehead atoms. The molecule has 1 N–H and O–H groups in total. The zero-order valence-electron chi connectivity index (χ0n) is 22.8. The van der Waals surface area contributed by atoms with Crippen LogP contribution in [0.3, 0.4) is 0 Å². The number of rotatable bonds is 12. The van der Waals surface area contributed by atoms with Crippen molar-refractivity contribution >= 4 is 25.6 Å². The van der Waals surface area contributed by atoms with E-state index in [1.54, 1.807) is 4.90 Å². The number of methoxy groups -OCH3 is 1. The number of aromatic nitrogens is 1. The van der Waals surface area contributed by atoms with Gasteiger partial charge in [-0.25, -0.2) is 0 Å². The summed E-state index contributed by atoms with van der Waals surface area (Å²) in [4.78, 5) is 32.7. The number of nitrogens with one attached hydrogen (secondary N) is 1. The Balaban J connectivity index is 1.96. The maximum absolute atomic E-state index is 14.0. The summed E-state index contributed by atoms with van der Waals surface area (Å²) in [7, 11) is 0.0323. The van der Waals surface area contributed by atoms with Crippen molar-refractivity contribution in [1.29, 1.82) is 0 Å². The summed E-state index contributed by atoms with van der Waals surface area (Å²) in [5, 5.41) is 2.71. The van der Waals surface area contributed by atoms with Gasteiger partial charge in [0.05, 0.1) is 7.11 Å². The van der Waals surface area contributed by atoms with Crippen molar-refractivity contribution in [3.8, 4) is 11.8 Å². The summed E-state index contributed by atoms with van der Waals surface area (Å²) in [5.41, 5.74) is 0.314. The molecule has 1 aliphatic rings. The summed E-state index contributed by atoms with van der Waals surface area (Å²) in [6, 6.07) is 11.3. The third-order valence-corrected chi connectivity index (χ3v) is 8.24. The highest BCUT2D eigenvalue weighted by Gasteiger charge is 2.51. The molecule has 0 radical (unpaired) electrons. The van der Waals surface area contributed by atoms with E-state index in [-0.39, 0.29) is 43.1 Å². The maximum atomic E-state index is 14.0. The van der Waals surface area contributed by atoms with Gasteiger partial charge in [-0.15, -0.1) is 0 Å². The number of hydrogen-bond acceptors (Lipinski definition) is 6. The second kappa shape index (κ2) is 12.2. The van der Waals surface area contributed by atoms with Gasteiger partial charge in [-0.3, -0.25) is 9.59 Å². The minimum atomic E-state index is -3.15. The van der Waals surface area contributed by atoms with Crippen LogP contribution in [0.1, 0.15) is 37.3 Å². The van der Waals surface area contributed by atoms with Gasteiger partial charge in [0.2, 0.25) is 23.6 Å². The first-order valence-corrected chi connectivity index (χ1v) is 16.3. The second-order valence-electron chi connectivity index (χ2n) is 11.0. The number of nitrogens with zero attached hydrogens (tertiary/aromatic N) is 2. The number of ether oxygens (including phenoxy) is 3. The molecule has 2 heterocycles. The maximum Gasteiger partial charge on any atom is 0.388 e. The average Bonchev–Trinajstić information content (AvgIpc) is 3.19. The Kier molecular flexibility index (Phi) is 9.48. The number of alkyl halides is 2. The van der Waals surface area contributed by atoms with Crippen LogP contribution in [0.5, 0.6) is 11.8 Å². The van der Waals surface area contributed by atoms with E-state index in [4.69, 9.17) is 9.47 Å². The minimum absolute atomic E-state index is 0.0465. The van der Waals surface area contributed by atoms with Crippen molar-refractivity contribution < 1.29 is 32.6 Å². The van der Waals surface area contributed by atoms with E-state index >= 15 is 0 Å². The lowest BCUT2D eigenvalue weighted by atomic mass is 9.74. The lowest BCUT2D eigenvalue weighted by Crippen LogP contribution is -2.44. The zero-order chi connectivity index (χ0) is 28.1. The quantitative estimate of drug-likeness (QED) is 0.288. The van der Waals surface area contributed by atoms with Crippen molar-refractivity contribution in [1.82, 2.24) is 9.88 Å². The summed E-state index contributed by atoms with van der Waals surface area (Å²) in [6.45, 7) is 8.31. The number of benzene rings is 1. The van der Waals surface area contributed by atoms with Crippen LogP contribution in [0, 0.1) is 0 Å². The Labute approximate surface area is 223 Å². The third-order valence-electron chi connectivity index (χ3n) is 6.54. The van der Waals surface area contributed by atoms with Gasteiger partial charge in [0.25, 0.3) is 0 Å². The summed E-state index contributed by atoms with van der Waals surface area (Å²) in [6.07, 6.45) is -0.0887. The smallest absolute Gasteiger partial charge is 0.388 e. The molecule has 8 nitrogen and oxygen atoms in total. The highest BCUT2D eigenvalue weighted by molar-refractivity contribution is 6.76. The average molecular weight is 550 g/mol. The lowest BCUT2D eigenvalue weighted by Gasteiger charge is -2.31. The van der Waals surface area contributed by atoms with Crippen molar-refractivity contribution in [3.05, 3.63) is 47.5 Å². The number of carbonyl (C=O) groups is 2. The number of likely N-dealkylation sites (tertiary alicyclic amines) is 1. The summed E-state index contributed by atoms with van der Waals surface area (Å²) < 4.78 is 41.6. The normalized spacial score (nSPS) is 17.8. The van der Waals surface area contributed by atoms with E-state index in [0.29, 0.717) is 12.2 Å². The Bertz CT molecular complexity index is 1140. The SMILES string of the molecule is COc1ccc(NC(=O)C2(c3ccccc3C(C)C)CC(=O)N(COCC[Si](C)(C)C)C2)c(OC(F)F)n1. The fraction of sp³-hybridized carbons (Fsp3) is 0.519. The van der Waals surface area contributed by atoms with Crippen LogP contribution in [-0.2, 0) is 19.7 Å². The number of pyridine rings is 1. The highest BCUT2D eigenvalue weighted by atomic mass is 28.3. The molecule has 0 saturated carbocycles. The predicted molar refractivity (Wildman–Crippen MR) is 144 cm³/mol. The molecule has 38 heavy (non-hydrogen) atoms. The van der Waals surface area contributed by atoms with Crippen LogP contribution in [-0.4, -0.2) is 63.4 Å². The Morgan fingerprint density at radius 1 is 1.18 bits per heavy atom. The number of hydrogen-bond donors (Lipinski definition) is 1. The molecule has 0 spiro atoms. The minimum Gasteiger partial charge on any atom is -0.481 e. The molecule has 3 rings (SSSR count). The molecule has 11 heteroatoms. The summed E-state index contributed by atoms with van der Waals surface area (Å²) in [5.74, 6) is -1.08. The Hall–Kier alpha value is -3.05. The van der Waals surface area contributed by atoms with Gasteiger partial charge in [-0.1, -0.05) is 57.8 Å². The van der Waals surface area contributed by atoms with Crippen molar-refractivity contribution in [3.63, 3.8) is 0 Å². The Morgan fingerprint density at radius 2 is 1.89 bits per heavy atom. The molecule has 1 aromatic carbocycles. The molecule has 1 atom stereocenters. The monoisotopic (exact) mass is 549 g/mol. The first kappa shape index (κ1) is 29.5. The van der Waals surface area contributed by atoms with Crippen molar-refractivity contribution in [2.24, 2.45) is 0 Å². The van der Waals surface area contributed by atoms with E-state index in [1.165, 1.54) is 19.2 Å². The van der Waals surface area contributed by atoms with Crippen LogP contribution in [0.25, 0.3) is 0 Å². The van der Waals surface area contributed by atoms with Crippen molar-refractivity contribution in [2.75, 3.05) is 32.3 Å². The standard InChI is InChI=1S/C27H37F2N3O5Si/c1-18(2)19-9-7-8-10-20(19)27(15-23(33)32(16-27)17-36-13-14-38(4,5)6)25(34)30-21-11-12-22(35-3)31-24(21)37-26(28)29/h7-12,18,26H,13-17H2,1-6H3,(H,30,34). The second-order valence-corrected chi connectivity index (χ2v) is 16.6. The number of halogens is 2. The fourth-order valence-corrected chi connectivity index (χ4v) is 5.21. The van der Waals surface area contributed by atoms with Crippen LogP contribution in [0.4, 0.5) is 14.5 Å². The first-order valence-electron chi connectivity index (χ1n) is 12.6. The number of anilines is 1. The lowest BCUT2D eigenvalue weighted by molar-refractivity contribution is -0.132. The molecule has 2 aromatic rings. The van der Waals surface area contributed by atoms with Crippen LogP contribution in [0.2, 0.25) is 25.7 Å². The first-order chi connectivity index (χ1) is 17.9. The van der Waals surface area contributed by atoms with E-state index in [0.717, 1.165) is 11.6 Å². The topological polar surface area (TPSA) is 90.0 Å². The molecule has 0 aliphatic carbocycles. The highest BCUT2D eigenvalue weighted by Crippen LogP contribution is 2.41. The van der Waals surface area contributed by atoms with Gasteiger partial charge >= 0.3 is 6.61 Å². The molecule has 1 aliphatic heterocycles. The summed E-state index contributed by atoms with van der Waals surface area (Å²) >= 11 is 0. The zero-order valence-corrected chi connectivity index (χ0v) is 23.8. The van der Waals surface area contributed by atoms with E-state index in [2.05, 4.69) is 34.7 Å². The molecule has 1 unspecified atom stereocenters.